The minimum absolute atomic E-state index is 0.353. The van der Waals surface area contributed by atoms with Crippen molar-refractivity contribution in [2.75, 3.05) is 11.9 Å². The summed E-state index contributed by atoms with van der Waals surface area (Å²) in [6, 6.07) is 3.10. The molecule has 6 heteroatoms. The van der Waals surface area contributed by atoms with E-state index in [9.17, 15) is 14.0 Å². The summed E-state index contributed by atoms with van der Waals surface area (Å²) in [4.78, 5) is 21.8. The average Bonchev–Trinajstić information content (AvgIpc) is 2.51. The first-order chi connectivity index (χ1) is 7.58. The van der Waals surface area contributed by atoms with Crippen molar-refractivity contribution in [1.29, 1.82) is 0 Å². The number of fused-ring (bicyclic) bond motifs is 1. The third-order valence-corrected chi connectivity index (χ3v) is 2.30. The molecular formula is C10H9FN2O3. The van der Waals surface area contributed by atoms with Gasteiger partial charge in [-0.1, -0.05) is 0 Å². The summed E-state index contributed by atoms with van der Waals surface area (Å²) in [6.07, 6.45) is 0. The second-order valence-corrected chi connectivity index (χ2v) is 3.43. The van der Waals surface area contributed by atoms with Crippen molar-refractivity contribution >= 4 is 17.6 Å². The molecule has 1 unspecified atom stereocenters. The Bertz CT molecular complexity index is 461. The molecule has 2 rings (SSSR count). The van der Waals surface area contributed by atoms with E-state index in [2.05, 4.69) is 10.6 Å². The van der Waals surface area contributed by atoms with Gasteiger partial charge in [-0.05, 0) is 18.2 Å². The fourth-order valence-electron chi connectivity index (χ4n) is 1.62. The van der Waals surface area contributed by atoms with Gasteiger partial charge in [-0.25, -0.2) is 4.39 Å². The summed E-state index contributed by atoms with van der Waals surface area (Å²) in [7, 11) is 0. The van der Waals surface area contributed by atoms with Crippen LogP contribution in [0, 0.1) is 5.82 Å². The maximum absolute atomic E-state index is 13.0. The molecule has 0 aromatic heterocycles. The Morgan fingerprint density at radius 2 is 2.31 bits per heavy atom. The highest BCUT2D eigenvalue weighted by molar-refractivity contribution is 6.02. The van der Waals surface area contributed by atoms with Gasteiger partial charge in [0.25, 0.3) is 0 Å². The number of carbonyl (C=O) groups excluding carboxylic acids is 1. The summed E-state index contributed by atoms with van der Waals surface area (Å²) in [6.45, 7) is -0.353. The number of carboxylic acid groups (broad SMARTS) is 1. The smallest absolute Gasteiger partial charge is 0.317 e. The number of amides is 1. The van der Waals surface area contributed by atoms with E-state index >= 15 is 0 Å². The van der Waals surface area contributed by atoms with Crippen molar-refractivity contribution < 1.29 is 19.1 Å². The maximum atomic E-state index is 13.0. The molecule has 1 amide bonds. The summed E-state index contributed by atoms with van der Waals surface area (Å²) in [5, 5.41) is 13.6. The van der Waals surface area contributed by atoms with Crippen LogP contribution in [0.4, 0.5) is 10.1 Å². The number of halogens is 1. The first-order valence-corrected chi connectivity index (χ1v) is 4.63. The van der Waals surface area contributed by atoms with Crippen LogP contribution in [0.2, 0.25) is 0 Å². The molecule has 0 saturated carbocycles. The molecule has 1 aliphatic rings. The van der Waals surface area contributed by atoms with Crippen molar-refractivity contribution in [1.82, 2.24) is 5.32 Å². The fraction of sp³-hybridized carbons (Fsp3) is 0.200. The van der Waals surface area contributed by atoms with Gasteiger partial charge in [0.2, 0.25) is 5.91 Å². The molecule has 0 bridgehead atoms. The second-order valence-electron chi connectivity index (χ2n) is 3.43. The van der Waals surface area contributed by atoms with Gasteiger partial charge in [0.1, 0.15) is 11.9 Å². The molecule has 16 heavy (non-hydrogen) atoms. The van der Waals surface area contributed by atoms with Crippen molar-refractivity contribution in [2.24, 2.45) is 0 Å². The van der Waals surface area contributed by atoms with Gasteiger partial charge in [0, 0.05) is 11.3 Å². The maximum Gasteiger partial charge on any atom is 0.317 e. The van der Waals surface area contributed by atoms with E-state index in [1.807, 2.05) is 0 Å². The molecular weight excluding hydrogens is 215 g/mol. The molecule has 1 atom stereocenters. The minimum Gasteiger partial charge on any atom is -0.480 e. The van der Waals surface area contributed by atoms with Crippen molar-refractivity contribution in [3.05, 3.63) is 29.6 Å². The molecule has 1 heterocycles. The minimum atomic E-state index is -1.07. The highest BCUT2D eigenvalue weighted by Gasteiger charge is 2.30. The number of nitrogens with one attached hydrogen (secondary N) is 2. The van der Waals surface area contributed by atoms with Crippen LogP contribution in [0.5, 0.6) is 0 Å². The van der Waals surface area contributed by atoms with E-state index in [-0.39, 0.29) is 12.5 Å². The van der Waals surface area contributed by atoms with Crippen LogP contribution in [-0.4, -0.2) is 23.5 Å². The topological polar surface area (TPSA) is 78.4 Å². The van der Waals surface area contributed by atoms with Crippen molar-refractivity contribution in [3.8, 4) is 0 Å². The Kier molecular flexibility index (Phi) is 2.57. The van der Waals surface area contributed by atoms with Crippen LogP contribution in [0.3, 0.4) is 0 Å². The Labute approximate surface area is 90.3 Å². The lowest BCUT2D eigenvalue weighted by Gasteiger charge is -2.08. The lowest BCUT2D eigenvalue weighted by molar-refractivity contribution is -0.136. The van der Waals surface area contributed by atoms with Gasteiger partial charge in [-0.2, -0.15) is 0 Å². The van der Waals surface area contributed by atoms with Crippen LogP contribution in [0.1, 0.15) is 11.6 Å². The quantitative estimate of drug-likeness (QED) is 0.698. The molecule has 5 nitrogen and oxygen atoms in total. The predicted molar refractivity (Wildman–Crippen MR) is 53.4 cm³/mol. The Morgan fingerprint density at radius 3 is 3.00 bits per heavy atom. The SMILES string of the molecule is O=C(O)CNC1C(=O)Nc2ccc(F)cc21. The molecule has 1 aromatic carbocycles. The van der Waals surface area contributed by atoms with Gasteiger partial charge in [-0.3, -0.25) is 14.9 Å². The van der Waals surface area contributed by atoms with Crippen LogP contribution >= 0.6 is 0 Å². The standard InChI is InChI=1S/C10H9FN2O3/c11-5-1-2-7-6(3-5)9(10(16)13-7)12-4-8(14)15/h1-3,9,12H,4H2,(H,13,16)(H,14,15). The number of anilines is 1. The number of carboxylic acids is 1. The van der Waals surface area contributed by atoms with Gasteiger partial charge < -0.3 is 10.4 Å². The Balaban J connectivity index is 2.24. The van der Waals surface area contributed by atoms with Gasteiger partial charge in [0.05, 0.1) is 6.54 Å². The molecule has 0 radical (unpaired) electrons. The number of rotatable bonds is 3. The summed E-state index contributed by atoms with van der Waals surface area (Å²) < 4.78 is 13.0. The molecule has 84 valence electrons. The normalized spacial score (nSPS) is 18.1. The highest BCUT2D eigenvalue weighted by atomic mass is 19.1. The molecule has 0 fully saturated rings. The number of benzene rings is 1. The number of carbonyl (C=O) groups is 2. The van der Waals surface area contributed by atoms with Crippen LogP contribution in [0.15, 0.2) is 18.2 Å². The summed E-state index contributed by atoms with van der Waals surface area (Å²) in [5.74, 6) is -1.91. The Hall–Kier alpha value is -1.95. The third kappa shape index (κ3) is 1.87. The van der Waals surface area contributed by atoms with E-state index in [1.165, 1.54) is 18.2 Å². The average molecular weight is 224 g/mol. The van der Waals surface area contributed by atoms with E-state index < -0.39 is 17.8 Å². The van der Waals surface area contributed by atoms with Gasteiger partial charge in [-0.15, -0.1) is 0 Å². The number of hydrogen-bond acceptors (Lipinski definition) is 3. The van der Waals surface area contributed by atoms with Crippen LogP contribution < -0.4 is 10.6 Å². The van der Waals surface area contributed by atoms with E-state index in [0.717, 1.165) is 0 Å². The monoisotopic (exact) mass is 224 g/mol. The van der Waals surface area contributed by atoms with E-state index in [0.29, 0.717) is 11.3 Å². The molecule has 3 N–H and O–H groups in total. The lowest BCUT2D eigenvalue weighted by Crippen LogP contribution is -2.31. The van der Waals surface area contributed by atoms with E-state index in [1.54, 1.807) is 0 Å². The zero-order chi connectivity index (χ0) is 11.7. The number of aliphatic carboxylic acids is 1. The number of hydrogen-bond donors (Lipinski definition) is 3. The van der Waals surface area contributed by atoms with Crippen molar-refractivity contribution in [2.45, 2.75) is 6.04 Å². The predicted octanol–water partition coefficient (Wildman–Crippen LogP) is 0.493. The molecule has 1 aromatic rings. The fourth-order valence-corrected chi connectivity index (χ4v) is 1.62. The van der Waals surface area contributed by atoms with E-state index in [4.69, 9.17) is 5.11 Å². The lowest BCUT2D eigenvalue weighted by atomic mass is 10.1. The first-order valence-electron chi connectivity index (χ1n) is 4.63. The zero-order valence-electron chi connectivity index (χ0n) is 8.16. The van der Waals surface area contributed by atoms with Crippen LogP contribution in [-0.2, 0) is 9.59 Å². The molecule has 0 saturated heterocycles. The van der Waals surface area contributed by atoms with Gasteiger partial charge >= 0.3 is 5.97 Å². The van der Waals surface area contributed by atoms with Crippen LogP contribution in [0.25, 0.3) is 0 Å². The zero-order valence-corrected chi connectivity index (χ0v) is 8.16. The Morgan fingerprint density at radius 1 is 1.56 bits per heavy atom. The highest BCUT2D eigenvalue weighted by Crippen LogP contribution is 2.30. The molecule has 0 spiro atoms. The summed E-state index contributed by atoms with van der Waals surface area (Å²) in [5.41, 5.74) is 0.945. The summed E-state index contributed by atoms with van der Waals surface area (Å²) >= 11 is 0. The van der Waals surface area contributed by atoms with Crippen molar-refractivity contribution in [3.63, 3.8) is 0 Å². The molecule has 1 aliphatic heterocycles. The second kappa shape index (κ2) is 3.90. The largest absolute Gasteiger partial charge is 0.480 e. The molecule has 0 aliphatic carbocycles. The third-order valence-electron chi connectivity index (χ3n) is 2.30. The first kappa shape index (κ1) is 10.6. The van der Waals surface area contributed by atoms with Gasteiger partial charge in [0.15, 0.2) is 0 Å².